The molecule has 102 valence electrons. The Balaban J connectivity index is 3.20. The van der Waals surface area contributed by atoms with Crippen molar-refractivity contribution in [2.45, 2.75) is 26.9 Å². The molecule has 0 radical (unpaired) electrons. The molecule has 6 heteroatoms. The molecule has 0 aromatic heterocycles. The number of esters is 1. The van der Waals surface area contributed by atoms with Crippen LogP contribution in [0.1, 0.15) is 23.6 Å². The number of carbonyl (C=O) groups is 1. The highest BCUT2D eigenvalue weighted by Gasteiger charge is 2.19. The Morgan fingerprint density at radius 2 is 2.16 bits per heavy atom. The molecule has 0 N–H and O–H groups in total. The molecule has 0 amide bonds. The summed E-state index contributed by atoms with van der Waals surface area (Å²) < 4.78 is 33.9. The summed E-state index contributed by atoms with van der Waals surface area (Å²) in [6, 6.07) is 4.80. The first-order valence-electron chi connectivity index (χ1n) is 5.62. The number of ether oxygens (including phenoxy) is 2. The van der Waals surface area contributed by atoms with Gasteiger partial charge in [0.05, 0.1) is 24.7 Å². The zero-order valence-electron chi connectivity index (χ0n) is 10.6. The molecule has 0 bridgehead atoms. The van der Waals surface area contributed by atoms with E-state index in [0.717, 1.165) is 0 Å². The van der Waals surface area contributed by atoms with Crippen molar-refractivity contribution in [2.75, 3.05) is 6.61 Å². The quantitative estimate of drug-likeness (QED) is 0.771. The van der Waals surface area contributed by atoms with Crippen LogP contribution in [-0.2, 0) is 16.0 Å². The average Bonchev–Trinajstić information content (AvgIpc) is 2.34. The van der Waals surface area contributed by atoms with E-state index in [1.165, 1.54) is 12.1 Å². The normalized spacial score (nSPS) is 10.1. The summed E-state index contributed by atoms with van der Waals surface area (Å²) in [5.74, 6) is -0.731. The van der Waals surface area contributed by atoms with Crippen molar-refractivity contribution in [3.63, 3.8) is 0 Å². The molecule has 0 heterocycles. The summed E-state index contributed by atoms with van der Waals surface area (Å²) in [5, 5.41) is 8.97. The minimum atomic E-state index is -3.02. The van der Waals surface area contributed by atoms with Gasteiger partial charge in [0.15, 0.2) is 0 Å². The Hall–Kier alpha value is -2.16. The first-order chi connectivity index (χ1) is 8.99. The van der Waals surface area contributed by atoms with Gasteiger partial charge in [0.25, 0.3) is 0 Å². The molecular weight excluding hydrogens is 256 g/mol. The lowest BCUT2D eigenvalue weighted by Gasteiger charge is -2.14. The maximum absolute atomic E-state index is 12.4. The fourth-order valence-electron chi connectivity index (χ4n) is 1.63. The van der Waals surface area contributed by atoms with Crippen LogP contribution in [0.2, 0.25) is 0 Å². The predicted molar refractivity (Wildman–Crippen MR) is 62.9 cm³/mol. The van der Waals surface area contributed by atoms with Crippen molar-refractivity contribution in [2.24, 2.45) is 0 Å². The van der Waals surface area contributed by atoms with Crippen LogP contribution in [0.5, 0.6) is 5.75 Å². The van der Waals surface area contributed by atoms with Crippen molar-refractivity contribution >= 4 is 5.97 Å². The number of nitrogens with zero attached hydrogens (tertiary/aromatic N) is 1. The van der Waals surface area contributed by atoms with E-state index < -0.39 is 12.6 Å². The van der Waals surface area contributed by atoms with E-state index in [9.17, 15) is 13.6 Å². The van der Waals surface area contributed by atoms with Crippen LogP contribution in [0.25, 0.3) is 0 Å². The fourth-order valence-corrected chi connectivity index (χ4v) is 1.63. The molecule has 4 nitrogen and oxygen atoms in total. The van der Waals surface area contributed by atoms with Crippen LogP contribution >= 0.6 is 0 Å². The van der Waals surface area contributed by atoms with Gasteiger partial charge in [0, 0.05) is 5.56 Å². The van der Waals surface area contributed by atoms with Crippen molar-refractivity contribution in [3.8, 4) is 11.8 Å². The first-order valence-corrected chi connectivity index (χ1v) is 5.62. The molecule has 0 spiro atoms. The molecular formula is C13H13F2NO3. The van der Waals surface area contributed by atoms with Gasteiger partial charge in [-0.1, -0.05) is 6.07 Å². The van der Waals surface area contributed by atoms with E-state index in [2.05, 4.69) is 4.74 Å². The molecule has 0 saturated carbocycles. The monoisotopic (exact) mass is 269 g/mol. The van der Waals surface area contributed by atoms with Crippen LogP contribution < -0.4 is 4.74 Å². The second-order valence-electron chi connectivity index (χ2n) is 3.71. The van der Waals surface area contributed by atoms with Gasteiger partial charge in [-0.2, -0.15) is 14.0 Å². The van der Waals surface area contributed by atoms with E-state index >= 15 is 0 Å². The standard InChI is InChI=1S/C13H13F2NO3/c1-3-18-11(17)6-10-9(7-16)5-4-8(2)12(10)19-13(14)15/h4-5,13H,3,6H2,1-2H3. The highest BCUT2D eigenvalue weighted by Crippen LogP contribution is 2.29. The minimum absolute atomic E-state index is 0.120. The molecule has 0 atom stereocenters. The number of hydrogen-bond acceptors (Lipinski definition) is 4. The molecule has 1 aromatic carbocycles. The van der Waals surface area contributed by atoms with Gasteiger partial charge in [-0.3, -0.25) is 4.79 Å². The highest BCUT2D eigenvalue weighted by atomic mass is 19.3. The van der Waals surface area contributed by atoms with E-state index in [-0.39, 0.29) is 29.9 Å². The summed E-state index contributed by atoms with van der Waals surface area (Å²) in [7, 11) is 0. The summed E-state index contributed by atoms with van der Waals surface area (Å²) in [5.41, 5.74) is 0.675. The molecule has 0 unspecified atom stereocenters. The van der Waals surface area contributed by atoms with Gasteiger partial charge in [-0.25, -0.2) is 0 Å². The molecule has 19 heavy (non-hydrogen) atoms. The third-order valence-electron chi connectivity index (χ3n) is 2.41. The smallest absolute Gasteiger partial charge is 0.387 e. The van der Waals surface area contributed by atoms with Gasteiger partial charge in [0.1, 0.15) is 5.75 Å². The van der Waals surface area contributed by atoms with Crippen molar-refractivity contribution in [1.29, 1.82) is 5.26 Å². The molecule has 0 aliphatic rings. The molecule has 0 fully saturated rings. The van der Waals surface area contributed by atoms with E-state index in [4.69, 9.17) is 10.00 Å². The lowest BCUT2D eigenvalue weighted by atomic mass is 10.0. The number of nitriles is 1. The number of carbonyl (C=O) groups excluding carboxylic acids is 1. The third kappa shape index (κ3) is 3.91. The number of hydrogen-bond donors (Lipinski definition) is 0. The predicted octanol–water partition coefficient (Wildman–Crippen LogP) is 2.57. The zero-order valence-corrected chi connectivity index (χ0v) is 10.6. The second kappa shape index (κ2) is 6.69. The summed E-state index contributed by atoms with van der Waals surface area (Å²) in [6.45, 7) is 0.356. The largest absolute Gasteiger partial charge is 0.466 e. The van der Waals surface area contributed by atoms with Crippen LogP contribution in [0.4, 0.5) is 8.78 Å². The van der Waals surface area contributed by atoms with E-state index in [1.54, 1.807) is 13.8 Å². The van der Waals surface area contributed by atoms with Gasteiger partial charge < -0.3 is 9.47 Å². The topological polar surface area (TPSA) is 59.3 Å². The van der Waals surface area contributed by atoms with Gasteiger partial charge in [-0.15, -0.1) is 0 Å². The Morgan fingerprint density at radius 3 is 2.68 bits per heavy atom. The van der Waals surface area contributed by atoms with Crippen molar-refractivity contribution < 1.29 is 23.0 Å². The zero-order chi connectivity index (χ0) is 14.4. The lowest BCUT2D eigenvalue weighted by Crippen LogP contribution is -2.13. The molecule has 0 aliphatic carbocycles. The number of benzene rings is 1. The van der Waals surface area contributed by atoms with Crippen LogP contribution in [-0.4, -0.2) is 19.2 Å². The van der Waals surface area contributed by atoms with Crippen molar-refractivity contribution in [3.05, 3.63) is 28.8 Å². The Morgan fingerprint density at radius 1 is 1.47 bits per heavy atom. The second-order valence-corrected chi connectivity index (χ2v) is 3.71. The first kappa shape index (κ1) is 14.9. The van der Waals surface area contributed by atoms with E-state index in [1.807, 2.05) is 6.07 Å². The number of alkyl halides is 2. The molecule has 0 aliphatic heterocycles. The minimum Gasteiger partial charge on any atom is -0.466 e. The Bertz CT molecular complexity index is 509. The van der Waals surface area contributed by atoms with Gasteiger partial charge in [-0.05, 0) is 25.5 Å². The maximum atomic E-state index is 12.4. The summed E-state index contributed by atoms with van der Waals surface area (Å²) in [6.07, 6.45) is -0.277. The van der Waals surface area contributed by atoms with Gasteiger partial charge >= 0.3 is 12.6 Å². The average molecular weight is 269 g/mol. The van der Waals surface area contributed by atoms with Crippen LogP contribution in [0.3, 0.4) is 0 Å². The van der Waals surface area contributed by atoms with Crippen molar-refractivity contribution in [1.82, 2.24) is 0 Å². The Kier molecular flexibility index (Phi) is 5.24. The number of halogens is 2. The fraction of sp³-hybridized carbons (Fsp3) is 0.385. The van der Waals surface area contributed by atoms with Crippen LogP contribution in [0, 0.1) is 18.3 Å². The molecule has 0 saturated heterocycles. The van der Waals surface area contributed by atoms with Crippen LogP contribution in [0.15, 0.2) is 12.1 Å². The van der Waals surface area contributed by atoms with E-state index in [0.29, 0.717) is 5.56 Å². The number of aryl methyl sites for hydroxylation is 1. The molecule has 1 aromatic rings. The highest BCUT2D eigenvalue weighted by molar-refractivity contribution is 5.75. The maximum Gasteiger partial charge on any atom is 0.387 e. The summed E-state index contributed by atoms with van der Waals surface area (Å²) >= 11 is 0. The number of rotatable bonds is 5. The summed E-state index contributed by atoms with van der Waals surface area (Å²) in [4.78, 5) is 11.5. The Labute approximate surface area is 109 Å². The third-order valence-corrected chi connectivity index (χ3v) is 2.41. The lowest BCUT2D eigenvalue weighted by molar-refractivity contribution is -0.142. The van der Waals surface area contributed by atoms with Gasteiger partial charge in [0.2, 0.25) is 0 Å². The molecule has 1 rings (SSSR count). The SMILES string of the molecule is CCOC(=O)Cc1c(C#N)ccc(C)c1OC(F)F.